The number of rotatable bonds is 2. The monoisotopic (exact) mass is 257 g/mol. The van der Waals surface area contributed by atoms with Crippen molar-refractivity contribution in [3.8, 4) is 0 Å². The zero-order chi connectivity index (χ0) is 12.5. The van der Waals surface area contributed by atoms with Gasteiger partial charge in [0.15, 0.2) is 0 Å². The highest BCUT2D eigenvalue weighted by atomic mass is 32.2. The summed E-state index contributed by atoms with van der Waals surface area (Å²) in [6.07, 6.45) is 0.759. The molecular weight excluding hydrogens is 242 g/mol. The van der Waals surface area contributed by atoms with E-state index in [9.17, 15) is 0 Å². The molecule has 92 valence electrons. The lowest BCUT2D eigenvalue weighted by atomic mass is 10.1. The summed E-state index contributed by atoms with van der Waals surface area (Å²) >= 11 is 1.85. The number of nitrogens with two attached hydrogens (primary N) is 1. The molecule has 2 aromatic rings. The molecule has 2 heterocycles. The number of hydrogen-bond acceptors (Lipinski definition) is 4. The molecule has 3 rings (SSSR count). The van der Waals surface area contributed by atoms with Crippen molar-refractivity contribution in [2.24, 2.45) is 0 Å². The molecule has 0 radical (unpaired) electrons. The molecule has 1 aliphatic heterocycles. The summed E-state index contributed by atoms with van der Waals surface area (Å²) in [4.78, 5) is 9.07. The highest BCUT2D eigenvalue weighted by Crippen LogP contribution is 2.31. The SMILES string of the molecule is Cc1ccccc1Cc1nc(N)c2c(n1)CSC2. The summed E-state index contributed by atoms with van der Waals surface area (Å²) < 4.78 is 0. The lowest BCUT2D eigenvalue weighted by molar-refractivity contribution is 0.929. The van der Waals surface area contributed by atoms with Crippen LogP contribution in [0, 0.1) is 6.92 Å². The van der Waals surface area contributed by atoms with E-state index < -0.39 is 0 Å². The van der Waals surface area contributed by atoms with Crippen molar-refractivity contribution in [2.45, 2.75) is 24.9 Å². The number of hydrogen-bond donors (Lipinski definition) is 1. The molecule has 0 amide bonds. The first-order chi connectivity index (χ1) is 8.74. The minimum atomic E-state index is 0.661. The Balaban J connectivity index is 1.95. The zero-order valence-corrected chi connectivity index (χ0v) is 11.1. The number of nitrogens with zero attached hydrogens (tertiary/aromatic N) is 2. The van der Waals surface area contributed by atoms with Gasteiger partial charge in [-0.25, -0.2) is 9.97 Å². The number of fused-ring (bicyclic) bond motifs is 1. The molecule has 1 aromatic carbocycles. The molecule has 2 N–H and O–H groups in total. The zero-order valence-electron chi connectivity index (χ0n) is 10.3. The van der Waals surface area contributed by atoms with Crippen LogP contribution in [-0.2, 0) is 17.9 Å². The van der Waals surface area contributed by atoms with Crippen molar-refractivity contribution < 1.29 is 0 Å². The Morgan fingerprint density at radius 1 is 1.22 bits per heavy atom. The van der Waals surface area contributed by atoms with Gasteiger partial charge in [-0.2, -0.15) is 11.8 Å². The Bertz CT molecular complexity index is 596. The standard InChI is InChI=1S/C14H15N3S/c1-9-4-2-3-5-10(9)6-13-16-12-8-18-7-11(12)14(15)17-13/h2-5H,6-8H2,1H3,(H2,15,16,17). The maximum Gasteiger partial charge on any atom is 0.135 e. The summed E-state index contributed by atoms with van der Waals surface area (Å²) in [6, 6.07) is 8.33. The smallest absolute Gasteiger partial charge is 0.135 e. The van der Waals surface area contributed by atoms with E-state index in [4.69, 9.17) is 5.73 Å². The van der Waals surface area contributed by atoms with Gasteiger partial charge < -0.3 is 5.73 Å². The second-order valence-corrected chi connectivity index (χ2v) is 5.53. The van der Waals surface area contributed by atoms with Gasteiger partial charge in [-0.15, -0.1) is 0 Å². The van der Waals surface area contributed by atoms with Gasteiger partial charge in [0, 0.05) is 23.5 Å². The Kier molecular flexibility index (Phi) is 2.96. The minimum Gasteiger partial charge on any atom is -0.383 e. The van der Waals surface area contributed by atoms with E-state index in [0.29, 0.717) is 5.82 Å². The van der Waals surface area contributed by atoms with Crippen LogP contribution >= 0.6 is 11.8 Å². The largest absolute Gasteiger partial charge is 0.383 e. The summed E-state index contributed by atoms with van der Waals surface area (Å²) in [6.45, 7) is 2.11. The molecule has 3 nitrogen and oxygen atoms in total. The topological polar surface area (TPSA) is 51.8 Å². The lowest BCUT2D eigenvalue weighted by Crippen LogP contribution is -2.06. The van der Waals surface area contributed by atoms with Crippen LogP contribution < -0.4 is 5.73 Å². The number of benzene rings is 1. The number of thioether (sulfide) groups is 1. The van der Waals surface area contributed by atoms with Crippen LogP contribution in [0.25, 0.3) is 0 Å². The molecule has 1 aromatic heterocycles. The fourth-order valence-electron chi connectivity index (χ4n) is 2.19. The highest BCUT2D eigenvalue weighted by molar-refractivity contribution is 7.98. The van der Waals surface area contributed by atoms with Gasteiger partial charge in [-0.05, 0) is 18.1 Å². The Hall–Kier alpha value is -1.55. The first kappa shape index (κ1) is 11.5. The van der Waals surface area contributed by atoms with Crippen LogP contribution in [-0.4, -0.2) is 9.97 Å². The van der Waals surface area contributed by atoms with Crippen LogP contribution in [0.2, 0.25) is 0 Å². The fourth-order valence-corrected chi connectivity index (χ4v) is 3.24. The van der Waals surface area contributed by atoms with Gasteiger partial charge in [0.25, 0.3) is 0 Å². The van der Waals surface area contributed by atoms with E-state index in [2.05, 4.69) is 35.1 Å². The average Bonchev–Trinajstić information content (AvgIpc) is 2.81. The molecule has 0 spiro atoms. The van der Waals surface area contributed by atoms with Gasteiger partial charge >= 0.3 is 0 Å². The molecule has 18 heavy (non-hydrogen) atoms. The Morgan fingerprint density at radius 3 is 2.89 bits per heavy atom. The third-order valence-electron chi connectivity index (χ3n) is 3.27. The number of anilines is 1. The first-order valence-corrected chi connectivity index (χ1v) is 7.16. The molecule has 0 atom stereocenters. The van der Waals surface area contributed by atoms with Gasteiger partial charge in [-0.1, -0.05) is 24.3 Å². The first-order valence-electron chi connectivity index (χ1n) is 6.00. The van der Waals surface area contributed by atoms with Crippen molar-refractivity contribution in [2.75, 3.05) is 5.73 Å². The van der Waals surface area contributed by atoms with Crippen LogP contribution in [0.15, 0.2) is 24.3 Å². The molecule has 0 bridgehead atoms. The van der Waals surface area contributed by atoms with Crippen LogP contribution in [0.4, 0.5) is 5.82 Å². The third kappa shape index (κ3) is 2.08. The van der Waals surface area contributed by atoms with Crippen LogP contribution in [0.5, 0.6) is 0 Å². The Morgan fingerprint density at radius 2 is 2.06 bits per heavy atom. The number of aromatic nitrogens is 2. The van der Waals surface area contributed by atoms with Crippen molar-refractivity contribution in [3.63, 3.8) is 0 Å². The lowest BCUT2D eigenvalue weighted by Gasteiger charge is -2.08. The van der Waals surface area contributed by atoms with Crippen molar-refractivity contribution in [3.05, 3.63) is 52.5 Å². The molecule has 0 saturated carbocycles. The average molecular weight is 257 g/mol. The summed E-state index contributed by atoms with van der Waals surface area (Å²) in [5, 5.41) is 0. The fraction of sp³-hybridized carbons (Fsp3) is 0.286. The maximum absolute atomic E-state index is 6.00. The second-order valence-electron chi connectivity index (χ2n) is 4.55. The number of nitrogen functional groups attached to an aromatic ring is 1. The molecule has 4 heteroatoms. The molecule has 0 unspecified atom stereocenters. The van der Waals surface area contributed by atoms with Gasteiger partial charge in [0.05, 0.1) is 5.69 Å². The Labute approximate surface area is 111 Å². The summed E-state index contributed by atoms with van der Waals surface area (Å²) in [5.41, 5.74) is 10.8. The van der Waals surface area contributed by atoms with E-state index in [-0.39, 0.29) is 0 Å². The van der Waals surface area contributed by atoms with Crippen LogP contribution in [0.1, 0.15) is 28.2 Å². The normalized spacial score (nSPS) is 13.6. The highest BCUT2D eigenvalue weighted by Gasteiger charge is 2.18. The molecule has 0 fully saturated rings. The summed E-state index contributed by atoms with van der Waals surface area (Å²) in [7, 11) is 0. The predicted molar refractivity (Wildman–Crippen MR) is 75.4 cm³/mol. The van der Waals surface area contributed by atoms with Crippen molar-refractivity contribution in [1.29, 1.82) is 0 Å². The molecule has 0 aliphatic carbocycles. The molecular formula is C14H15N3S. The van der Waals surface area contributed by atoms with E-state index >= 15 is 0 Å². The van der Waals surface area contributed by atoms with Crippen molar-refractivity contribution in [1.82, 2.24) is 9.97 Å². The van der Waals surface area contributed by atoms with Gasteiger partial charge in [0.2, 0.25) is 0 Å². The third-order valence-corrected chi connectivity index (χ3v) is 4.24. The second kappa shape index (κ2) is 4.61. The van der Waals surface area contributed by atoms with Gasteiger partial charge in [0.1, 0.15) is 11.6 Å². The summed E-state index contributed by atoms with van der Waals surface area (Å²) in [5.74, 6) is 3.41. The molecule has 0 saturated heterocycles. The van der Waals surface area contributed by atoms with E-state index in [1.54, 1.807) is 0 Å². The maximum atomic E-state index is 6.00. The van der Waals surface area contributed by atoms with E-state index in [1.165, 1.54) is 11.1 Å². The van der Waals surface area contributed by atoms with Crippen LogP contribution in [0.3, 0.4) is 0 Å². The quantitative estimate of drug-likeness (QED) is 0.898. The number of aryl methyl sites for hydroxylation is 1. The minimum absolute atomic E-state index is 0.661. The van der Waals surface area contributed by atoms with E-state index in [1.807, 2.05) is 17.8 Å². The van der Waals surface area contributed by atoms with Crippen molar-refractivity contribution >= 4 is 17.6 Å². The molecule has 1 aliphatic rings. The van der Waals surface area contributed by atoms with Gasteiger partial charge in [-0.3, -0.25) is 0 Å². The predicted octanol–water partition coefficient (Wildman–Crippen LogP) is 2.70. The van der Waals surface area contributed by atoms with E-state index in [0.717, 1.165) is 35.0 Å².